The predicted octanol–water partition coefficient (Wildman–Crippen LogP) is 2.77. The van der Waals surface area contributed by atoms with Crippen molar-refractivity contribution in [2.45, 2.75) is 13.5 Å². The third-order valence-electron chi connectivity index (χ3n) is 2.57. The maximum absolute atomic E-state index is 10.8. The van der Waals surface area contributed by atoms with E-state index in [-0.39, 0.29) is 12.6 Å². The van der Waals surface area contributed by atoms with Crippen molar-refractivity contribution in [1.29, 1.82) is 5.26 Å². The quantitative estimate of drug-likeness (QED) is 0.738. The van der Waals surface area contributed by atoms with E-state index in [1.807, 2.05) is 30.3 Å². The number of rotatable bonds is 2. The number of ether oxygens (including phenoxy) is 1. The van der Waals surface area contributed by atoms with Gasteiger partial charge in [-0.1, -0.05) is 30.3 Å². The summed E-state index contributed by atoms with van der Waals surface area (Å²) < 4.78 is 4.99. The fourth-order valence-electron chi connectivity index (χ4n) is 1.76. The van der Waals surface area contributed by atoms with Crippen LogP contribution in [0.3, 0.4) is 0 Å². The Hall–Kier alpha value is -2.34. The number of carbonyl (C=O) groups excluding carboxylic acids is 1. The zero-order valence-corrected chi connectivity index (χ0v) is 9.43. The molecule has 0 amide bonds. The first kappa shape index (κ1) is 11.2. The van der Waals surface area contributed by atoms with Gasteiger partial charge in [0.1, 0.15) is 6.61 Å². The van der Waals surface area contributed by atoms with Crippen LogP contribution in [0.5, 0.6) is 0 Å². The summed E-state index contributed by atoms with van der Waals surface area (Å²) >= 11 is 0. The maximum Gasteiger partial charge on any atom is 0.302 e. The molecule has 0 saturated heterocycles. The van der Waals surface area contributed by atoms with Crippen molar-refractivity contribution in [3.63, 3.8) is 0 Å². The molecule has 0 saturated carbocycles. The molecule has 0 heterocycles. The largest absolute Gasteiger partial charge is 0.461 e. The van der Waals surface area contributed by atoms with E-state index in [0.29, 0.717) is 5.56 Å². The molecule has 17 heavy (non-hydrogen) atoms. The van der Waals surface area contributed by atoms with Gasteiger partial charge in [0.05, 0.1) is 11.6 Å². The lowest BCUT2D eigenvalue weighted by atomic mass is 10.0. The summed E-state index contributed by atoms with van der Waals surface area (Å²) in [4.78, 5) is 10.8. The van der Waals surface area contributed by atoms with Crippen molar-refractivity contribution in [3.8, 4) is 6.07 Å². The Morgan fingerprint density at radius 3 is 2.59 bits per heavy atom. The van der Waals surface area contributed by atoms with Crippen LogP contribution in [0.4, 0.5) is 0 Å². The van der Waals surface area contributed by atoms with Crippen LogP contribution in [0.1, 0.15) is 18.1 Å². The van der Waals surface area contributed by atoms with Crippen LogP contribution in [0, 0.1) is 11.3 Å². The molecule has 0 N–H and O–H groups in total. The molecule has 0 radical (unpaired) electrons. The number of esters is 1. The zero-order chi connectivity index (χ0) is 12.3. The van der Waals surface area contributed by atoms with Crippen LogP contribution in [-0.4, -0.2) is 5.97 Å². The van der Waals surface area contributed by atoms with Gasteiger partial charge in [0.2, 0.25) is 0 Å². The van der Waals surface area contributed by atoms with E-state index in [0.717, 1.165) is 16.3 Å². The molecule has 2 aromatic rings. The highest BCUT2D eigenvalue weighted by Gasteiger charge is 2.06. The normalized spacial score (nSPS) is 9.88. The number of fused-ring (bicyclic) bond motifs is 1. The van der Waals surface area contributed by atoms with Crippen molar-refractivity contribution in [2.75, 3.05) is 0 Å². The average molecular weight is 225 g/mol. The van der Waals surface area contributed by atoms with E-state index < -0.39 is 0 Å². The van der Waals surface area contributed by atoms with Gasteiger partial charge in [0.15, 0.2) is 0 Å². The summed E-state index contributed by atoms with van der Waals surface area (Å²) in [6.07, 6.45) is 0. The molecule has 0 fully saturated rings. The Kier molecular flexibility index (Phi) is 3.06. The molecule has 0 spiro atoms. The van der Waals surface area contributed by atoms with E-state index >= 15 is 0 Å². The smallest absolute Gasteiger partial charge is 0.302 e. The predicted molar refractivity (Wildman–Crippen MR) is 64.1 cm³/mol. The second-order valence-electron chi connectivity index (χ2n) is 3.71. The van der Waals surface area contributed by atoms with Gasteiger partial charge in [-0.3, -0.25) is 4.79 Å². The molecule has 0 unspecified atom stereocenters. The number of carbonyl (C=O) groups is 1. The van der Waals surface area contributed by atoms with Crippen molar-refractivity contribution in [2.24, 2.45) is 0 Å². The van der Waals surface area contributed by atoms with Crippen LogP contribution in [0.25, 0.3) is 10.8 Å². The first-order chi connectivity index (χ1) is 8.22. The summed E-state index contributed by atoms with van der Waals surface area (Å²) in [6.45, 7) is 1.62. The average Bonchev–Trinajstić information content (AvgIpc) is 2.35. The van der Waals surface area contributed by atoms with Crippen LogP contribution >= 0.6 is 0 Å². The molecule has 0 aliphatic carbocycles. The Bertz CT molecular complexity index is 611. The number of benzene rings is 2. The third kappa shape index (κ3) is 2.26. The van der Waals surface area contributed by atoms with Gasteiger partial charge < -0.3 is 4.74 Å². The number of nitriles is 1. The molecule has 84 valence electrons. The molecular weight excluding hydrogens is 214 g/mol. The van der Waals surface area contributed by atoms with Gasteiger partial charge in [-0.05, 0) is 22.4 Å². The van der Waals surface area contributed by atoms with Crippen molar-refractivity contribution < 1.29 is 9.53 Å². The van der Waals surface area contributed by atoms with Gasteiger partial charge >= 0.3 is 5.97 Å². The molecule has 3 heteroatoms. The minimum atomic E-state index is -0.307. The fourth-order valence-corrected chi connectivity index (χ4v) is 1.76. The standard InChI is InChI=1S/C14H11NO2/c1-10(16)17-9-12-7-6-11(8-15)13-4-2-3-5-14(12)13/h2-7H,9H2,1H3. The van der Waals surface area contributed by atoms with Crippen molar-refractivity contribution in [1.82, 2.24) is 0 Å². The first-order valence-electron chi connectivity index (χ1n) is 5.26. The van der Waals surface area contributed by atoms with E-state index in [4.69, 9.17) is 10.00 Å². The monoisotopic (exact) mass is 225 g/mol. The summed E-state index contributed by atoms with van der Waals surface area (Å²) in [5, 5.41) is 10.8. The van der Waals surface area contributed by atoms with Crippen molar-refractivity contribution >= 4 is 16.7 Å². The van der Waals surface area contributed by atoms with Crippen LogP contribution in [-0.2, 0) is 16.1 Å². The fraction of sp³-hybridized carbons (Fsp3) is 0.143. The SMILES string of the molecule is CC(=O)OCc1ccc(C#N)c2ccccc12. The van der Waals surface area contributed by atoms with E-state index in [1.165, 1.54) is 6.92 Å². The van der Waals surface area contributed by atoms with E-state index in [1.54, 1.807) is 6.07 Å². The van der Waals surface area contributed by atoms with Gasteiger partial charge in [0.25, 0.3) is 0 Å². The lowest BCUT2D eigenvalue weighted by molar-refractivity contribution is -0.142. The molecule has 0 bridgehead atoms. The number of hydrogen-bond donors (Lipinski definition) is 0. The van der Waals surface area contributed by atoms with E-state index in [9.17, 15) is 4.79 Å². The number of nitrogens with zero attached hydrogens (tertiary/aromatic N) is 1. The Morgan fingerprint density at radius 2 is 1.94 bits per heavy atom. The van der Waals surface area contributed by atoms with Crippen LogP contribution in [0.15, 0.2) is 36.4 Å². The Labute approximate surface area is 99.2 Å². The lowest BCUT2D eigenvalue weighted by Gasteiger charge is -2.07. The summed E-state index contributed by atoms with van der Waals surface area (Å²) in [5.41, 5.74) is 1.54. The highest BCUT2D eigenvalue weighted by Crippen LogP contribution is 2.22. The first-order valence-corrected chi connectivity index (χ1v) is 5.26. The highest BCUT2D eigenvalue weighted by atomic mass is 16.5. The summed E-state index contributed by atoms with van der Waals surface area (Å²) in [7, 11) is 0. The van der Waals surface area contributed by atoms with Gasteiger partial charge in [-0.25, -0.2) is 0 Å². The molecule has 0 aliphatic rings. The lowest BCUT2D eigenvalue weighted by Crippen LogP contribution is -1.99. The molecule has 2 aromatic carbocycles. The topological polar surface area (TPSA) is 50.1 Å². The second kappa shape index (κ2) is 4.67. The molecule has 0 aliphatic heterocycles. The minimum absolute atomic E-state index is 0.238. The van der Waals surface area contributed by atoms with Gasteiger partial charge in [0, 0.05) is 6.92 Å². The molecule has 0 aromatic heterocycles. The Balaban J connectivity index is 2.52. The zero-order valence-electron chi connectivity index (χ0n) is 9.43. The van der Waals surface area contributed by atoms with Crippen LogP contribution < -0.4 is 0 Å². The molecule has 3 nitrogen and oxygen atoms in total. The Morgan fingerprint density at radius 1 is 1.24 bits per heavy atom. The molecule has 2 rings (SSSR count). The second-order valence-corrected chi connectivity index (χ2v) is 3.71. The third-order valence-corrected chi connectivity index (χ3v) is 2.57. The van der Waals surface area contributed by atoms with E-state index in [2.05, 4.69) is 6.07 Å². The maximum atomic E-state index is 10.8. The summed E-state index contributed by atoms with van der Waals surface area (Å²) in [6, 6.07) is 13.3. The highest BCUT2D eigenvalue weighted by molar-refractivity contribution is 5.90. The van der Waals surface area contributed by atoms with Gasteiger partial charge in [-0.2, -0.15) is 5.26 Å². The van der Waals surface area contributed by atoms with Gasteiger partial charge in [-0.15, -0.1) is 0 Å². The number of hydrogen-bond acceptors (Lipinski definition) is 3. The van der Waals surface area contributed by atoms with Crippen LogP contribution in [0.2, 0.25) is 0 Å². The minimum Gasteiger partial charge on any atom is -0.461 e. The summed E-state index contributed by atoms with van der Waals surface area (Å²) in [5.74, 6) is -0.307. The molecule has 0 atom stereocenters. The van der Waals surface area contributed by atoms with Crippen molar-refractivity contribution in [3.05, 3.63) is 47.5 Å². The molecular formula is C14H11NO2.